The van der Waals surface area contributed by atoms with Crippen LogP contribution in [0.1, 0.15) is 20.3 Å². The molecule has 0 fully saturated rings. The van der Waals surface area contributed by atoms with Crippen LogP contribution in [-0.4, -0.2) is 23.1 Å². The Kier molecular flexibility index (Phi) is 7.23. The van der Waals surface area contributed by atoms with E-state index in [1.54, 1.807) is 18.2 Å². The van der Waals surface area contributed by atoms with E-state index in [0.29, 0.717) is 21.7 Å². The third-order valence-corrected chi connectivity index (χ3v) is 4.57. The van der Waals surface area contributed by atoms with E-state index in [4.69, 9.17) is 23.2 Å². The van der Waals surface area contributed by atoms with Gasteiger partial charge in [0.2, 0.25) is 0 Å². The normalized spacial score (nSPS) is 12.9. The van der Waals surface area contributed by atoms with Gasteiger partial charge in [0.1, 0.15) is 0 Å². The molecule has 0 saturated carbocycles. The van der Waals surface area contributed by atoms with Crippen molar-refractivity contribution in [3.05, 3.63) is 28.2 Å². The number of hydrogen-bond donors (Lipinski definition) is 1. The van der Waals surface area contributed by atoms with E-state index in [1.807, 2.05) is 0 Å². The fourth-order valence-corrected chi connectivity index (χ4v) is 2.93. The van der Waals surface area contributed by atoms with Crippen molar-refractivity contribution in [3.8, 4) is 0 Å². The first-order valence-corrected chi connectivity index (χ1v) is 8.12. The molecule has 5 heteroatoms. The van der Waals surface area contributed by atoms with E-state index in [9.17, 15) is 4.21 Å². The van der Waals surface area contributed by atoms with Crippen LogP contribution in [0, 0.1) is 5.92 Å². The van der Waals surface area contributed by atoms with E-state index < -0.39 is 10.8 Å². The second-order valence-electron chi connectivity index (χ2n) is 4.58. The van der Waals surface area contributed by atoms with Crippen molar-refractivity contribution in [3.63, 3.8) is 0 Å². The molecule has 0 saturated heterocycles. The molecule has 0 aromatic heterocycles. The predicted molar refractivity (Wildman–Crippen MR) is 80.1 cm³/mol. The van der Waals surface area contributed by atoms with Gasteiger partial charge in [-0.15, -0.1) is 0 Å². The third-order valence-electron chi connectivity index (χ3n) is 2.39. The number of nitrogens with one attached hydrogen (secondary N) is 1. The summed E-state index contributed by atoms with van der Waals surface area (Å²) in [5.41, 5.74) is 0. The monoisotopic (exact) mass is 307 g/mol. The van der Waals surface area contributed by atoms with Gasteiger partial charge in [0.05, 0.1) is 20.8 Å². The largest absolute Gasteiger partial charge is 0.316 e. The fourth-order valence-electron chi connectivity index (χ4n) is 1.46. The van der Waals surface area contributed by atoms with Crippen molar-refractivity contribution < 1.29 is 4.21 Å². The summed E-state index contributed by atoms with van der Waals surface area (Å²) in [5, 5.41) is 4.29. The first kappa shape index (κ1) is 16.0. The van der Waals surface area contributed by atoms with E-state index in [0.717, 1.165) is 24.4 Å². The van der Waals surface area contributed by atoms with Crippen molar-refractivity contribution in [1.29, 1.82) is 0 Å². The number of benzene rings is 1. The molecule has 1 aromatic rings. The van der Waals surface area contributed by atoms with E-state index in [2.05, 4.69) is 19.2 Å². The van der Waals surface area contributed by atoms with Crippen LogP contribution in [0.5, 0.6) is 0 Å². The van der Waals surface area contributed by atoms with E-state index in [1.165, 1.54) is 0 Å². The first-order valence-electron chi connectivity index (χ1n) is 6.05. The lowest BCUT2D eigenvalue weighted by Gasteiger charge is -2.07. The molecule has 0 amide bonds. The SMILES string of the molecule is CC(C)CNCCCS(=O)c1ccc(Cl)c(Cl)c1. The van der Waals surface area contributed by atoms with Crippen LogP contribution in [-0.2, 0) is 10.8 Å². The number of halogens is 2. The summed E-state index contributed by atoms with van der Waals surface area (Å²) in [5.74, 6) is 1.29. The van der Waals surface area contributed by atoms with Gasteiger partial charge in [-0.2, -0.15) is 0 Å². The summed E-state index contributed by atoms with van der Waals surface area (Å²) < 4.78 is 12.0. The minimum absolute atomic E-state index is 0.459. The zero-order valence-electron chi connectivity index (χ0n) is 10.7. The lowest BCUT2D eigenvalue weighted by Crippen LogP contribution is -2.21. The summed E-state index contributed by atoms with van der Waals surface area (Å²) in [6.45, 7) is 6.23. The van der Waals surface area contributed by atoms with Crippen LogP contribution in [0.15, 0.2) is 23.1 Å². The summed E-state index contributed by atoms with van der Waals surface area (Å²) in [7, 11) is -0.999. The van der Waals surface area contributed by atoms with Crippen molar-refractivity contribution in [2.45, 2.75) is 25.2 Å². The second-order valence-corrected chi connectivity index (χ2v) is 6.96. The lowest BCUT2D eigenvalue weighted by molar-refractivity contribution is 0.550. The van der Waals surface area contributed by atoms with Crippen LogP contribution in [0.2, 0.25) is 10.0 Å². The van der Waals surface area contributed by atoms with Crippen molar-refractivity contribution in [2.75, 3.05) is 18.8 Å². The van der Waals surface area contributed by atoms with Gasteiger partial charge in [-0.1, -0.05) is 37.0 Å². The topological polar surface area (TPSA) is 29.1 Å². The zero-order valence-corrected chi connectivity index (χ0v) is 13.0. The van der Waals surface area contributed by atoms with Gasteiger partial charge < -0.3 is 5.32 Å². The van der Waals surface area contributed by atoms with Gasteiger partial charge in [-0.25, -0.2) is 0 Å². The highest BCUT2D eigenvalue weighted by molar-refractivity contribution is 7.85. The lowest BCUT2D eigenvalue weighted by atomic mass is 10.2. The molecule has 1 atom stereocenters. The minimum atomic E-state index is -0.999. The molecule has 0 bridgehead atoms. The van der Waals surface area contributed by atoms with Crippen LogP contribution in [0.4, 0.5) is 0 Å². The molecule has 1 unspecified atom stereocenters. The van der Waals surface area contributed by atoms with Crippen molar-refractivity contribution in [1.82, 2.24) is 5.32 Å². The van der Waals surface area contributed by atoms with Gasteiger partial charge >= 0.3 is 0 Å². The molecule has 1 aromatic carbocycles. The Bertz CT molecular complexity index is 410. The molecular weight excluding hydrogens is 289 g/mol. The smallest absolute Gasteiger partial charge is 0.0604 e. The average Bonchev–Trinajstić information content (AvgIpc) is 2.31. The second kappa shape index (κ2) is 8.16. The maximum atomic E-state index is 12.0. The first-order chi connectivity index (χ1) is 8.50. The van der Waals surface area contributed by atoms with Crippen molar-refractivity contribution >= 4 is 34.0 Å². The Hall–Kier alpha value is -0.0900. The van der Waals surface area contributed by atoms with Crippen LogP contribution < -0.4 is 5.32 Å². The van der Waals surface area contributed by atoms with Gasteiger partial charge in [0.25, 0.3) is 0 Å². The van der Waals surface area contributed by atoms with Crippen LogP contribution >= 0.6 is 23.2 Å². The molecule has 0 aliphatic carbocycles. The third kappa shape index (κ3) is 5.70. The minimum Gasteiger partial charge on any atom is -0.316 e. The van der Waals surface area contributed by atoms with E-state index >= 15 is 0 Å². The molecule has 18 heavy (non-hydrogen) atoms. The summed E-state index contributed by atoms with van der Waals surface area (Å²) in [4.78, 5) is 0.744. The predicted octanol–water partition coefficient (Wildman–Crippen LogP) is 3.74. The number of hydrogen-bond acceptors (Lipinski definition) is 2. The highest BCUT2D eigenvalue weighted by Gasteiger charge is 2.06. The molecule has 102 valence electrons. The Balaban J connectivity index is 2.34. The zero-order chi connectivity index (χ0) is 13.5. The van der Waals surface area contributed by atoms with Gasteiger partial charge in [-0.3, -0.25) is 4.21 Å². The Morgan fingerprint density at radius 3 is 2.61 bits per heavy atom. The molecule has 0 heterocycles. The Labute approximate surface area is 122 Å². The quantitative estimate of drug-likeness (QED) is 0.778. The van der Waals surface area contributed by atoms with Crippen LogP contribution in [0.3, 0.4) is 0 Å². The molecule has 1 N–H and O–H groups in total. The van der Waals surface area contributed by atoms with Gasteiger partial charge in [0.15, 0.2) is 0 Å². The molecule has 1 rings (SSSR count). The molecule has 2 nitrogen and oxygen atoms in total. The standard InChI is InChI=1S/C13H19Cl2NOS/c1-10(2)9-16-6-3-7-18(17)11-4-5-12(14)13(15)8-11/h4-5,8,10,16H,3,6-7,9H2,1-2H3. The van der Waals surface area contributed by atoms with E-state index in [-0.39, 0.29) is 0 Å². The Morgan fingerprint density at radius 2 is 2.00 bits per heavy atom. The number of rotatable bonds is 7. The summed E-state index contributed by atoms with van der Waals surface area (Å²) >= 11 is 11.7. The maximum absolute atomic E-state index is 12.0. The maximum Gasteiger partial charge on any atom is 0.0604 e. The molecule has 0 aliphatic rings. The highest BCUT2D eigenvalue weighted by Crippen LogP contribution is 2.24. The molecule has 0 aliphatic heterocycles. The summed E-state index contributed by atoms with van der Waals surface area (Å²) in [6.07, 6.45) is 0.888. The van der Waals surface area contributed by atoms with Gasteiger partial charge in [0, 0.05) is 10.6 Å². The van der Waals surface area contributed by atoms with Crippen molar-refractivity contribution in [2.24, 2.45) is 5.92 Å². The molecular formula is C13H19Cl2NOS. The Morgan fingerprint density at radius 1 is 1.28 bits per heavy atom. The highest BCUT2D eigenvalue weighted by atomic mass is 35.5. The van der Waals surface area contributed by atoms with Gasteiger partial charge in [-0.05, 0) is 43.6 Å². The molecule has 0 radical (unpaired) electrons. The average molecular weight is 308 g/mol. The van der Waals surface area contributed by atoms with Crippen LogP contribution in [0.25, 0.3) is 0 Å². The molecule has 0 spiro atoms. The summed E-state index contributed by atoms with van der Waals surface area (Å²) in [6, 6.07) is 5.14. The fraction of sp³-hybridized carbons (Fsp3) is 0.538.